The summed E-state index contributed by atoms with van der Waals surface area (Å²) in [5.41, 5.74) is 8.74. The Morgan fingerprint density at radius 3 is 2.52 bits per heavy atom. The molecular weight excluding hydrogens is 514 g/mol. The van der Waals surface area contributed by atoms with Crippen LogP contribution in [0.4, 0.5) is 11.5 Å². The standard InChI is InChI=1S/C28H33N7O5/c1-18-8-9-20(16-23(18)39-5)34-25-26(29)30-17-31-27(25)35(28(34)37)19-10-11-22(40-14-13-38-4)21(15-19)32-24(36)7-6-12-33(2)3/h6-11,15-17H,12-14H2,1-5H3,(H,32,36)(H2,29,30,31)/b7-6+. The summed E-state index contributed by atoms with van der Waals surface area (Å²) in [6.07, 6.45) is 4.49. The first-order valence-electron chi connectivity index (χ1n) is 12.5. The second-order valence-corrected chi connectivity index (χ2v) is 9.21. The van der Waals surface area contributed by atoms with Crippen LogP contribution in [-0.4, -0.2) is 78.0 Å². The summed E-state index contributed by atoms with van der Waals surface area (Å²) in [4.78, 5) is 37.1. The number of methoxy groups -OCH3 is 2. The maximum Gasteiger partial charge on any atom is 0.339 e. The SMILES string of the molecule is COCCOc1ccc(-n2c(=O)n(-c3ccc(C)c(OC)c3)c3c(N)ncnc32)cc1NC(=O)/C=C/CN(C)C. The highest BCUT2D eigenvalue weighted by Crippen LogP contribution is 2.30. The van der Waals surface area contributed by atoms with Crippen molar-refractivity contribution in [1.82, 2.24) is 24.0 Å². The first kappa shape index (κ1) is 28.3. The average Bonchev–Trinajstić information content (AvgIpc) is 3.22. The number of ether oxygens (including phenoxy) is 3. The number of nitrogen functional groups attached to an aromatic ring is 1. The fourth-order valence-corrected chi connectivity index (χ4v) is 4.13. The van der Waals surface area contributed by atoms with Crippen LogP contribution in [0.3, 0.4) is 0 Å². The van der Waals surface area contributed by atoms with Crippen molar-refractivity contribution in [2.75, 3.05) is 59.1 Å². The Labute approximate surface area is 231 Å². The molecule has 12 nitrogen and oxygen atoms in total. The number of hydrogen-bond donors (Lipinski definition) is 2. The van der Waals surface area contributed by atoms with E-state index >= 15 is 0 Å². The van der Waals surface area contributed by atoms with Gasteiger partial charge in [0.2, 0.25) is 5.91 Å². The van der Waals surface area contributed by atoms with E-state index in [1.54, 1.807) is 50.6 Å². The number of anilines is 2. The first-order valence-corrected chi connectivity index (χ1v) is 12.5. The molecule has 3 N–H and O–H groups in total. The largest absolute Gasteiger partial charge is 0.496 e. The van der Waals surface area contributed by atoms with Crippen molar-refractivity contribution < 1.29 is 19.0 Å². The molecule has 1 amide bonds. The number of likely N-dealkylation sites (N-methyl/N-ethyl adjacent to an activating group) is 1. The van der Waals surface area contributed by atoms with E-state index in [1.807, 2.05) is 32.0 Å². The molecule has 2 heterocycles. The summed E-state index contributed by atoms with van der Waals surface area (Å²) >= 11 is 0. The van der Waals surface area contributed by atoms with E-state index in [2.05, 4.69) is 15.3 Å². The number of aryl methyl sites for hydroxylation is 1. The highest BCUT2D eigenvalue weighted by molar-refractivity contribution is 6.00. The molecule has 12 heteroatoms. The van der Waals surface area contributed by atoms with Gasteiger partial charge in [0.05, 0.1) is 30.8 Å². The first-order chi connectivity index (χ1) is 19.2. The number of rotatable bonds is 11. The Morgan fingerprint density at radius 1 is 1.05 bits per heavy atom. The highest BCUT2D eigenvalue weighted by Gasteiger charge is 2.22. The summed E-state index contributed by atoms with van der Waals surface area (Å²) in [5, 5.41) is 2.85. The van der Waals surface area contributed by atoms with Crippen LogP contribution in [-0.2, 0) is 9.53 Å². The number of nitrogens with two attached hydrogens (primary N) is 1. The lowest BCUT2D eigenvalue weighted by Crippen LogP contribution is -2.22. The van der Waals surface area contributed by atoms with Crippen LogP contribution in [0.2, 0.25) is 0 Å². The molecule has 40 heavy (non-hydrogen) atoms. The minimum absolute atomic E-state index is 0.138. The molecule has 0 bridgehead atoms. The van der Waals surface area contributed by atoms with E-state index in [-0.39, 0.29) is 18.3 Å². The Hall–Kier alpha value is -4.68. The van der Waals surface area contributed by atoms with Gasteiger partial charge in [-0.1, -0.05) is 12.1 Å². The number of benzene rings is 2. The maximum atomic E-state index is 14.0. The minimum Gasteiger partial charge on any atom is -0.496 e. The molecule has 0 aliphatic carbocycles. The summed E-state index contributed by atoms with van der Waals surface area (Å²) < 4.78 is 19.2. The molecule has 0 radical (unpaired) electrons. The Bertz CT molecular complexity index is 1610. The third-order valence-corrected chi connectivity index (χ3v) is 6.06. The molecule has 0 aliphatic rings. The molecule has 0 aliphatic heterocycles. The summed E-state index contributed by atoms with van der Waals surface area (Å²) in [6, 6.07) is 10.4. The van der Waals surface area contributed by atoms with Crippen LogP contribution in [0.25, 0.3) is 22.5 Å². The van der Waals surface area contributed by atoms with Crippen molar-refractivity contribution >= 4 is 28.6 Å². The molecule has 0 atom stereocenters. The van der Waals surface area contributed by atoms with Crippen LogP contribution in [0, 0.1) is 6.92 Å². The lowest BCUT2D eigenvalue weighted by atomic mass is 10.2. The molecule has 4 aromatic rings. The summed E-state index contributed by atoms with van der Waals surface area (Å²) in [5.74, 6) is 0.832. The van der Waals surface area contributed by atoms with Gasteiger partial charge >= 0.3 is 5.69 Å². The van der Waals surface area contributed by atoms with E-state index in [0.717, 1.165) is 5.56 Å². The predicted octanol–water partition coefficient (Wildman–Crippen LogP) is 2.55. The zero-order valence-corrected chi connectivity index (χ0v) is 23.2. The van der Waals surface area contributed by atoms with Gasteiger partial charge in [-0.3, -0.25) is 9.36 Å². The number of hydrogen-bond acceptors (Lipinski definition) is 9. The molecule has 2 aromatic heterocycles. The summed E-state index contributed by atoms with van der Waals surface area (Å²) in [7, 11) is 6.96. The number of aromatic nitrogens is 4. The Balaban J connectivity index is 1.86. The lowest BCUT2D eigenvalue weighted by Gasteiger charge is -2.14. The van der Waals surface area contributed by atoms with Gasteiger partial charge < -0.3 is 30.2 Å². The highest BCUT2D eigenvalue weighted by atomic mass is 16.5. The van der Waals surface area contributed by atoms with Gasteiger partial charge in [0.1, 0.15) is 29.9 Å². The van der Waals surface area contributed by atoms with Gasteiger partial charge in [-0.15, -0.1) is 0 Å². The Kier molecular flexibility index (Phi) is 8.82. The lowest BCUT2D eigenvalue weighted by molar-refractivity contribution is -0.111. The minimum atomic E-state index is -0.427. The maximum absolute atomic E-state index is 14.0. The monoisotopic (exact) mass is 547 g/mol. The number of carbonyl (C=O) groups is 1. The van der Waals surface area contributed by atoms with E-state index < -0.39 is 5.69 Å². The van der Waals surface area contributed by atoms with Gasteiger partial charge in [0.15, 0.2) is 11.5 Å². The molecule has 0 fully saturated rings. The van der Waals surface area contributed by atoms with Crippen molar-refractivity contribution in [2.45, 2.75) is 6.92 Å². The Morgan fingerprint density at radius 2 is 1.80 bits per heavy atom. The van der Waals surface area contributed by atoms with Gasteiger partial charge in [-0.05, 0) is 50.8 Å². The second-order valence-electron chi connectivity index (χ2n) is 9.21. The van der Waals surface area contributed by atoms with Crippen LogP contribution in [0.15, 0.2) is 59.7 Å². The molecule has 0 saturated heterocycles. The number of carbonyl (C=O) groups excluding carboxylic acids is 1. The molecule has 0 unspecified atom stereocenters. The fraction of sp³-hybridized carbons (Fsp3) is 0.286. The molecule has 4 rings (SSSR count). The number of nitrogens with one attached hydrogen (secondary N) is 1. The number of imidazole rings is 1. The van der Waals surface area contributed by atoms with E-state index in [0.29, 0.717) is 52.9 Å². The van der Waals surface area contributed by atoms with Gasteiger partial charge in [0, 0.05) is 25.8 Å². The zero-order valence-electron chi connectivity index (χ0n) is 23.2. The molecule has 210 valence electrons. The van der Waals surface area contributed by atoms with Crippen LogP contribution in [0.1, 0.15) is 5.56 Å². The van der Waals surface area contributed by atoms with Crippen molar-refractivity contribution in [3.8, 4) is 22.9 Å². The normalized spacial score (nSPS) is 11.4. The van der Waals surface area contributed by atoms with Crippen molar-refractivity contribution in [2.24, 2.45) is 0 Å². The van der Waals surface area contributed by atoms with Gasteiger partial charge in [-0.2, -0.15) is 0 Å². The summed E-state index contributed by atoms with van der Waals surface area (Å²) in [6.45, 7) is 3.15. The van der Waals surface area contributed by atoms with Crippen molar-refractivity contribution in [3.05, 3.63) is 70.9 Å². The van der Waals surface area contributed by atoms with E-state index in [9.17, 15) is 9.59 Å². The molecule has 0 spiro atoms. The molecule has 0 saturated carbocycles. The topological polar surface area (TPSA) is 139 Å². The van der Waals surface area contributed by atoms with E-state index in [1.165, 1.54) is 21.5 Å². The van der Waals surface area contributed by atoms with Crippen molar-refractivity contribution in [1.29, 1.82) is 0 Å². The quantitative estimate of drug-likeness (QED) is 0.214. The third kappa shape index (κ3) is 5.98. The number of amides is 1. The fourth-order valence-electron chi connectivity index (χ4n) is 4.13. The van der Waals surface area contributed by atoms with Crippen LogP contribution >= 0.6 is 0 Å². The zero-order chi connectivity index (χ0) is 28.8. The molecular formula is C28H33N7O5. The number of nitrogens with zero attached hydrogens (tertiary/aromatic N) is 5. The smallest absolute Gasteiger partial charge is 0.339 e. The van der Waals surface area contributed by atoms with Crippen molar-refractivity contribution in [3.63, 3.8) is 0 Å². The van der Waals surface area contributed by atoms with E-state index in [4.69, 9.17) is 19.9 Å². The van der Waals surface area contributed by atoms with Crippen LogP contribution in [0.5, 0.6) is 11.5 Å². The van der Waals surface area contributed by atoms with Gasteiger partial charge in [-0.25, -0.2) is 19.3 Å². The predicted molar refractivity (Wildman–Crippen MR) is 154 cm³/mol. The number of fused-ring (bicyclic) bond motifs is 1. The second kappa shape index (κ2) is 12.5. The average molecular weight is 548 g/mol. The van der Waals surface area contributed by atoms with Gasteiger partial charge in [0.25, 0.3) is 0 Å². The third-order valence-electron chi connectivity index (χ3n) is 6.06. The van der Waals surface area contributed by atoms with Crippen LogP contribution < -0.4 is 26.2 Å². The molecule has 2 aromatic carbocycles.